The molecule has 1 N–H and O–H groups in total. The smallest absolute Gasteiger partial charge is 0.338 e. The minimum atomic E-state index is -0.400. The predicted octanol–water partition coefficient (Wildman–Crippen LogP) is 3.54. The first-order chi connectivity index (χ1) is 13.5. The maximum Gasteiger partial charge on any atom is 0.338 e. The molecule has 0 atom stereocenters. The van der Waals surface area contributed by atoms with Crippen LogP contribution in [0.15, 0.2) is 42.5 Å². The van der Waals surface area contributed by atoms with Crippen molar-refractivity contribution in [2.24, 2.45) is 0 Å². The van der Waals surface area contributed by atoms with Crippen LogP contribution >= 0.6 is 0 Å². The highest BCUT2D eigenvalue weighted by Gasteiger charge is 2.12. The Morgan fingerprint density at radius 2 is 1.57 bits per heavy atom. The molecule has 28 heavy (non-hydrogen) atoms. The number of hydrogen-bond acceptors (Lipinski definition) is 6. The first-order valence-electron chi connectivity index (χ1n) is 8.58. The molecule has 0 spiro atoms. The van der Waals surface area contributed by atoms with E-state index in [-0.39, 0.29) is 5.91 Å². The second-order valence-corrected chi connectivity index (χ2v) is 5.58. The van der Waals surface area contributed by atoms with Gasteiger partial charge in [0.1, 0.15) is 0 Å². The molecule has 0 unspecified atom stereocenters. The van der Waals surface area contributed by atoms with Crippen LogP contribution < -0.4 is 19.5 Å². The molecule has 0 aromatic heterocycles. The van der Waals surface area contributed by atoms with Gasteiger partial charge in [-0.25, -0.2) is 4.79 Å². The second-order valence-electron chi connectivity index (χ2n) is 5.58. The number of anilines is 1. The van der Waals surface area contributed by atoms with E-state index >= 15 is 0 Å². The van der Waals surface area contributed by atoms with Gasteiger partial charge in [-0.2, -0.15) is 0 Å². The summed E-state index contributed by atoms with van der Waals surface area (Å²) < 4.78 is 20.8. The van der Waals surface area contributed by atoms with Gasteiger partial charge in [-0.15, -0.1) is 0 Å². The summed E-state index contributed by atoms with van der Waals surface area (Å²) in [6, 6.07) is 9.93. The molecule has 0 radical (unpaired) electrons. The summed E-state index contributed by atoms with van der Waals surface area (Å²) in [6.45, 7) is 2.05. The van der Waals surface area contributed by atoms with Gasteiger partial charge in [0, 0.05) is 11.8 Å². The van der Waals surface area contributed by atoms with Gasteiger partial charge in [-0.1, -0.05) is 0 Å². The van der Waals surface area contributed by atoms with Crippen molar-refractivity contribution in [1.29, 1.82) is 0 Å². The number of esters is 1. The highest BCUT2D eigenvalue weighted by Crippen LogP contribution is 2.38. The van der Waals surface area contributed by atoms with Crippen molar-refractivity contribution < 1.29 is 28.5 Å². The highest BCUT2D eigenvalue weighted by molar-refractivity contribution is 6.02. The maximum atomic E-state index is 12.2. The van der Waals surface area contributed by atoms with E-state index in [9.17, 15) is 9.59 Å². The minimum Gasteiger partial charge on any atom is -0.493 e. The maximum absolute atomic E-state index is 12.2. The third-order valence-electron chi connectivity index (χ3n) is 3.78. The van der Waals surface area contributed by atoms with Gasteiger partial charge in [0.15, 0.2) is 11.5 Å². The van der Waals surface area contributed by atoms with Crippen LogP contribution in [-0.2, 0) is 9.53 Å². The predicted molar refractivity (Wildman–Crippen MR) is 106 cm³/mol. The zero-order valence-corrected chi connectivity index (χ0v) is 16.3. The summed E-state index contributed by atoms with van der Waals surface area (Å²) >= 11 is 0. The lowest BCUT2D eigenvalue weighted by Crippen LogP contribution is -2.09. The number of methoxy groups -OCH3 is 3. The Morgan fingerprint density at radius 3 is 2.07 bits per heavy atom. The van der Waals surface area contributed by atoms with E-state index in [1.165, 1.54) is 27.4 Å². The quantitative estimate of drug-likeness (QED) is 0.553. The van der Waals surface area contributed by atoms with Gasteiger partial charge in [-0.05, 0) is 55.0 Å². The molecule has 1 amide bonds. The molecule has 0 fully saturated rings. The molecule has 2 rings (SSSR count). The minimum absolute atomic E-state index is 0.309. The third kappa shape index (κ3) is 5.26. The number of carbonyl (C=O) groups excluding carboxylic acids is 2. The summed E-state index contributed by atoms with van der Waals surface area (Å²) in [6.07, 6.45) is 3.02. The van der Waals surface area contributed by atoms with Gasteiger partial charge in [0.25, 0.3) is 0 Å². The van der Waals surface area contributed by atoms with Gasteiger partial charge >= 0.3 is 5.97 Å². The van der Waals surface area contributed by atoms with Crippen molar-refractivity contribution in [1.82, 2.24) is 0 Å². The van der Waals surface area contributed by atoms with Crippen LogP contribution in [0, 0.1) is 0 Å². The highest BCUT2D eigenvalue weighted by atomic mass is 16.5. The molecule has 7 heteroatoms. The topological polar surface area (TPSA) is 83.1 Å². The van der Waals surface area contributed by atoms with E-state index < -0.39 is 5.97 Å². The Morgan fingerprint density at radius 1 is 0.964 bits per heavy atom. The van der Waals surface area contributed by atoms with Crippen molar-refractivity contribution in [3.8, 4) is 17.2 Å². The Balaban J connectivity index is 2.08. The van der Waals surface area contributed by atoms with Crippen LogP contribution in [0.4, 0.5) is 5.69 Å². The molecule has 0 aliphatic rings. The van der Waals surface area contributed by atoms with E-state index in [1.54, 1.807) is 49.4 Å². The van der Waals surface area contributed by atoms with Crippen LogP contribution in [0.3, 0.4) is 0 Å². The summed E-state index contributed by atoms with van der Waals surface area (Å²) in [5.74, 6) is 0.751. The largest absolute Gasteiger partial charge is 0.493 e. The molecule has 0 aliphatic heterocycles. The van der Waals surface area contributed by atoms with Crippen molar-refractivity contribution in [3.63, 3.8) is 0 Å². The number of rotatable bonds is 8. The van der Waals surface area contributed by atoms with Crippen molar-refractivity contribution in [3.05, 3.63) is 53.6 Å². The van der Waals surface area contributed by atoms with Gasteiger partial charge < -0.3 is 24.3 Å². The molecule has 0 bridgehead atoms. The van der Waals surface area contributed by atoms with E-state index in [1.807, 2.05) is 0 Å². The number of ether oxygens (including phenoxy) is 4. The zero-order chi connectivity index (χ0) is 20.5. The number of nitrogens with one attached hydrogen (secondary N) is 1. The molecular formula is C21H23NO6. The third-order valence-corrected chi connectivity index (χ3v) is 3.78. The molecule has 2 aromatic carbocycles. The average Bonchev–Trinajstić information content (AvgIpc) is 2.72. The van der Waals surface area contributed by atoms with Crippen LogP contribution in [0.2, 0.25) is 0 Å². The standard InChI is InChI=1S/C21H23NO6/c1-5-28-21(24)15-7-9-16(10-8-15)22-19(23)11-6-14-12-17(25-2)20(27-4)18(13-14)26-3/h6-13H,5H2,1-4H3,(H,22,23)/b11-6+. The van der Waals surface area contributed by atoms with Crippen molar-refractivity contribution >= 4 is 23.6 Å². The fraction of sp³-hybridized carbons (Fsp3) is 0.238. The van der Waals surface area contributed by atoms with Crippen molar-refractivity contribution in [2.45, 2.75) is 6.92 Å². The molecule has 7 nitrogen and oxygen atoms in total. The second kappa shape index (κ2) is 10.0. The molecule has 148 valence electrons. The Labute approximate surface area is 163 Å². The first kappa shape index (κ1) is 20.8. The van der Waals surface area contributed by atoms with Gasteiger partial charge in [-0.3, -0.25) is 4.79 Å². The SMILES string of the molecule is CCOC(=O)c1ccc(NC(=O)/C=C/c2cc(OC)c(OC)c(OC)c2)cc1. The van der Waals surface area contributed by atoms with E-state index in [0.717, 1.165) is 0 Å². The number of amides is 1. The molecule has 0 saturated carbocycles. The van der Waals surface area contributed by atoms with E-state index in [4.69, 9.17) is 18.9 Å². The number of benzene rings is 2. The molecule has 0 aliphatic carbocycles. The molecule has 0 heterocycles. The Kier molecular flexibility index (Phi) is 7.45. The number of hydrogen-bond donors (Lipinski definition) is 1. The van der Waals surface area contributed by atoms with E-state index in [0.29, 0.717) is 40.7 Å². The average molecular weight is 385 g/mol. The lowest BCUT2D eigenvalue weighted by Gasteiger charge is -2.12. The molecule has 0 saturated heterocycles. The van der Waals surface area contributed by atoms with Crippen LogP contribution in [0.1, 0.15) is 22.8 Å². The Bertz CT molecular complexity index is 833. The van der Waals surface area contributed by atoms with Crippen molar-refractivity contribution in [2.75, 3.05) is 33.3 Å². The normalized spacial score (nSPS) is 10.4. The van der Waals surface area contributed by atoms with E-state index in [2.05, 4.69) is 5.32 Å². The lowest BCUT2D eigenvalue weighted by molar-refractivity contribution is -0.111. The summed E-state index contributed by atoms with van der Waals surface area (Å²) in [5.41, 5.74) is 1.70. The summed E-state index contributed by atoms with van der Waals surface area (Å²) in [4.78, 5) is 23.8. The first-order valence-corrected chi connectivity index (χ1v) is 8.58. The fourth-order valence-corrected chi connectivity index (χ4v) is 2.46. The fourth-order valence-electron chi connectivity index (χ4n) is 2.46. The van der Waals surface area contributed by atoms with Crippen LogP contribution in [0.25, 0.3) is 6.08 Å². The van der Waals surface area contributed by atoms with Gasteiger partial charge in [0.2, 0.25) is 11.7 Å². The van der Waals surface area contributed by atoms with Gasteiger partial charge in [0.05, 0.1) is 33.5 Å². The zero-order valence-electron chi connectivity index (χ0n) is 16.3. The lowest BCUT2D eigenvalue weighted by atomic mass is 10.1. The Hall–Kier alpha value is -3.48. The monoisotopic (exact) mass is 385 g/mol. The van der Waals surface area contributed by atoms with Crippen LogP contribution in [0.5, 0.6) is 17.2 Å². The number of carbonyl (C=O) groups is 2. The summed E-state index contributed by atoms with van der Waals surface area (Å²) in [5, 5.41) is 2.73. The van der Waals surface area contributed by atoms with Crippen LogP contribution in [-0.4, -0.2) is 39.8 Å². The summed E-state index contributed by atoms with van der Waals surface area (Å²) in [7, 11) is 4.57. The molecular weight excluding hydrogens is 362 g/mol. The molecule has 2 aromatic rings.